The maximum atomic E-state index is 4.39. The topological polar surface area (TPSA) is 12.9 Å². The molecule has 0 fully saturated rings. The first-order valence-corrected chi connectivity index (χ1v) is 5.65. The molecule has 2 rings (SSSR count). The van der Waals surface area contributed by atoms with E-state index in [-0.39, 0.29) is 0 Å². The molecule has 0 N–H and O–H groups in total. The van der Waals surface area contributed by atoms with Crippen LogP contribution in [0.4, 0.5) is 0 Å². The van der Waals surface area contributed by atoms with Crippen LogP contribution in [0.5, 0.6) is 0 Å². The van der Waals surface area contributed by atoms with Crippen molar-refractivity contribution in [3.63, 3.8) is 0 Å². The maximum Gasteiger partial charge on any atom is 0.0704 e. The van der Waals surface area contributed by atoms with Crippen LogP contribution in [0.1, 0.15) is 31.9 Å². The van der Waals surface area contributed by atoms with Gasteiger partial charge in [-0.3, -0.25) is 4.98 Å². The Morgan fingerprint density at radius 1 is 1.20 bits per heavy atom. The van der Waals surface area contributed by atoms with Crippen LogP contribution in [0.3, 0.4) is 0 Å². The van der Waals surface area contributed by atoms with Gasteiger partial charge in [0.1, 0.15) is 0 Å². The van der Waals surface area contributed by atoms with Crippen LogP contribution in [0.15, 0.2) is 30.5 Å². The Labute approximate surface area is 92.2 Å². The summed E-state index contributed by atoms with van der Waals surface area (Å²) in [5.41, 5.74) is 3.71. The van der Waals surface area contributed by atoms with Gasteiger partial charge in [0, 0.05) is 11.6 Å². The van der Waals surface area contributed by atoms with Crippen molar-refractivity contribution in [2.75, 3.05) is 0 Å². The highest BCUT2D eigenvalue weighted by atomic mass is 14.6. The van der Waals surface area contributed by atoms with Gasteiger partial charge in [0.05, 0.1) is 5.52 Å². The van der Waals surface area contributed by atoms with Gasteiger partial charge < -0.3 is 0 Å². The molecule has 2 aromatic rings. The second-order valence-corrected chi connectivity index (χ2v) is 3.35. The third kappa shape index (κ3) is 2.56. The molecule has 0 saturated heterocycles. The van der Waals surface area contributed by atoms with Crippen molar-refractivity contribution < 1.29 is 0 Å². The molecule has 0 aliphatic carbocycles. The Bertz CT molecular complexity index is 432. The van der Waals surface area contributed by atoms with E-state index in [2.05, 4.69) is 43.1 Å². The predicted molar refractivity (Wildman–Crippen MR) is 67.2 cm³/mol. The highest BCUT2D eigenvalue weighted by molar-refractivity contribution is 5.82. The van der Waals surface area contributed by atoms with E-state index in [1.54, 1.807) is 0 Å². The van der Waals surface area contributed by atoms with E-state index in [1.165, 1.54) is 16.5 Å². The zero-order chi connectivity index (χ0) is 11.3. The summed E-state index contributed by atoms with van der Waals surface area (Å²) in [5.74, 6) is 0. The summed E-state index contributed by atoms with van der Waals surface area (Å²) in [4.78, 5) is 4.39. The van der Waals surface area contributed by atoms with Gasteiger partial charge >= 0.3 is 0 Å². The maximum absolute atomic E-state index is 4.39. The summed E-state index contributed by atoms with van der Waals surface area (Å²) >= 11 is 0. The van der Waals surface area contributed by atoms with E-state index in [0.29, 0.717) is 0 Å². The standard InChI is InChI=1S/C12H13N.C2H6/c1-3-10-5-4-6-12-11(10)7-9(2)8-13-12;1-2/h4-8H,3H2,1-2H3;1-2H3. The third-order valence-corrected chi connectivity index (χ3v) is 2.33. The lowest BCUT2D eigenvalue weighted by atomic mass is 10.1. The number of fused-ring (bicyclic) bond motifs is 1. The average Bonchev–Trinajstić information content (AvgIpc) is 2.31. The van der Waals surface area contributed by atoms with Gasteiger partial charge in [0.2, 0.25) is 0 Å². The summed E-state index contributed by atoms with van der Waals surface area (Å²) in [6, 6.07) is 8.52. The summed E-state index contributed by atoms with van der Waals surface area (Å²) in [6.45, 7) is 8.26. The summed E-state index contributed by atoms with van der Waals surface area (Å²) in [5, 5.41) is 1.30. The van der Waals surface area contributed by atoms with Crippen LogP contribution >= 0.6 is 0 Å². The highest BCUT2D eigenvalue weighted by Gasteiger charge is 1.99. The lowest BCUT2D eigenvalue weighted by Crippen LogP contribution is -1.86. The van der Waals surface area contributed by atoms with Gasteiger partial charge in [-0.1, -0.05) is 32.9 Å². The number of aromatic nitrogens is 1. The molecule has 80 valence electrons. The molecule has 0 aliphatic heterocycles. The second-order valence-electron chi connectivity index (χ2n) is 3.35. The Balaban J connectivity index is 0.000000531. The molecule has 0 unspecified atom stereocenters. The molecule has 0 radical (unpaired) electrons. The quantitative estimate of drug-likeness (QED) is 0.676. The first kappa shape index (κ1) is 11.7. The van der Waals surface area contributed by atoms with Crippen molar-refractivity contribution in [1.82, 2.24) is 4.98 Å². The minimum absolute atomic E-state index is 1.07. The van der Waals surface area contributed by atoms with Crippen molar-refractivity contribution in [1.29, 1.82) is 0 Å². The van der Waals surface area contributed by atoms with Crippen molar-refractivity contribution in [2.24, 2.45) is 0 Å². The van der Waals surface area contributed by atoms with E-state index in [9.17, 15) is 0 Å². The number of nitrogens with zero attached hydrogens (tertiary/aromatic N) is 1. The van der Waals surface area contributed by atoms with E-state index in [1.807, 2.05) is 20.0 Å². The molecular formula is C14H19N. The largest absolute Gasteiger partial charge is 0.256 e. The summed E-state index contributed by atoms with van der Waals surface area (Å²) in [7, 11) is 0. The Morgan fingerprint density at radius 2 is 1.93 bits per heavy atom. The van der Waals surface area contributed by atoms with Crippen LogP contribution in [0.25, 0.3) is 10.9 Å². The van der Waals surface area contributed by atoms with Gasteiger partial charge in [0.25, 0.3) is 0 Å². The molecule has 0 saturated carbocycles. The molecule has 1 nitrogen and oxygen atoms in total. The smallest absolute Gasteiger partial charge is 0.0704 e. The zero-order valence-corrected chi connectivity index (χ0v) is 10.0. The molecule has 1 heteroatoms. The minimum atomic E-state index is 1.07. The fourth-order valence-electron chi connectivity index (χ4n) is 1.62. The second kappa shape index (κ2) is 5.50. The van der Waals surface area contributed by atoms with Crippen LogP contribution in [0.2, 0.25) is 0 Å². The van der Waals surface area contributed by atoms with Crippen LogP contribution in [0, 0.1) is 6.92 Å². The molecule has 15 heavy (non-hydrogen) atoms. The van der Waals surface area contributed by atoms with E-state index in [4.69, 9.17) is 0 Å². The summed E-state index contributed by atoms with van der Waals surface area (Å²) in [6.07, 6.45) is 2.99. The van der Waals surface area contributed by atoms with E-state index < -0.39 is 0 Å². The Kier molecular flexibility index (Phi) is 4.29. The molecule has 0 amide bonds. The van der Waals surface area contributed by atoms with Crippen molar-refractivity contribution in [3.8, 4) is 0 Å². The number of hydrogen-bond acceptors (Lipinski definition) is 1. The Morgan fingerprint density at radius 3 is 2.60 bits per heavy atom. The first-order chi connectivity index (χ1) is 7.31. The van der Waals surface area contributed by atoms with Gasteiger partial charge in [0.15, 0.2) is 0 Å². The molecular weight excluding hydrogens is 182 g/mol. The number of aryl methyl sites for hydroxylation is 2. The van der Waals surface area contributed by atoms with Gasteiger partial charge in [-0.15, -0.1) is 0 Å². The fraction of sp³-hybridized carbons (Fsp3) is 0.357. The molecule has 0 atom stereocenters. The third-order valence-electron chi connectivity index (χ3n) is 2.33. The fourth-order valence-corrected chi connectivity index (χ4v) is 1.62. The minimum Gasteiger partial charge on any atom is -0.256 e. The summed E-state index contributed by atoms with van der Waals surface area (Å²) < 4.78 is 0. The number of rotatable bonds is 1. The lowest BCUT2D eigenvalue weighted by molar-refractivity contribution is 1.15. The number of benzene rings is 1. The molecule has 1 aromatic heterocycles. The van der Waals surface area contributed by atoms with Crippen molar-refractivity contribution >= 4 is 10.9 Å². The normalized spacial score (nSPS) is 9.60. The SMILES string of the molecule is CC.CCc1cccc2ncc(C)cc12. The molecule has 0 aliphatic rings. The number of pyridine rings is 1. The van der Waals surface area contributed by atoms with Gasteiger partial charge in [-0.25, -0.2) is 0 Å². The molecule has 0 spiro atoms. The monoisotopic (exact) mass is 201 g/mol. The van der Waals surface area contributed by atoms with Crippen LogP contribution in [-0.4, -0.2) is 4.98 Å². The molecule has 0 bridgehead atoms. The van der Waals surface area contributed by atoms with E-state index in [0.717, 1.165) is 11.9 Å². The Hall–Kier alpha value is -1.37. The highest BCUT2D eigenvalue weighted by Crippen LogP contribution is 2.18. The van der Waals surface area contributed by atoms with Gasteiger partial charge in [-0.2, -0.15) is 0 Å². The zero-order valence-electron chi connectivity index (χ0n) is 10.0. The van der Waals surface area contributed by atoms with Crippen molar-refractivity contribution in [2.45, 2.75) is 34.1 Å². The number of hydrogen-bond donors (Lipinski definition) is 0. The van der Waals surface area contributed by atoms with Gasteiger partial charge in [-0.05, 0) is 36.6 Å². The molecule has 1 aromatic carbocycles. The van der Waals surface area contributed by atoms with Crippen LogP contribution < -0.4 is 0 Å². The predicted octanol–water partition coefficient (Wildman–Crippen LogP) is 4.13. The molecule has 1 heterocycles. The first-order valence-electron chi connectivity index (χ1n) is 5.65. The lowest BCUT2D eigenvalue weighted by Gasteiger charge is -2.03. The average molecular weight is 201 g/mol. The van der Waals surface area contributed by atoms with E-state index >= 15 is 0 Å². The van der Waals surface area contributed by atoms with Crippen LogP contribution in [-0.2, 0) is 6.42 Å². The van der Waals surface area contributed by atoms with Crippen molar-refractivity contribution in [3.05, 3.63) is 41.6 Å².